The van der Waals surface area contributed by atoms with Gasteiger partial charge in [-0.3, -0.25) is 0 Å². The lowest BCUT2D eigenvalue weighted by molar-refractivity contribution is -0.129. The Hall–Kier alpha value is -0.0400. The molecule has 1 N–H and O–H groups in total. The molecule has 162 valence electrons. The summed E-state index contributed by atoms with van der Waals surface area (Å²) in [6, 6.07) is 0. The molecule has 4 aliphatic carbocycles. The van der Waals surface area contributed by atoms with Crippen molar-refractivity contribution in [3.63, 3.8) is 0 Å². The van der Waals surface area contributed by atoms with Gasteiger partial charge in [-0.25, -0.2) is 0 Å². The van der Waals surface area contributed by atoms with Crippen molar-refractivity contribution >= 4 is 0 Å². The zero-order valence-electron chi connectivity index (χ0n) is 19.8. The molecule has 0 aromatic heterocycles. The van der Waals surface area contributed by atoms with Crippen molar-refractivity contribution in [3.8, 4) is 0 Å². The fraction of sp³-hybridized carbons (Fsp3) is 1.00. The SMILES string of the molecule is C[C@H](CCC(C)(C)C)C1CCC2C3CCC4C[C@H](O)CCC4(C)C3CCC21C. The van der Waals surface area contributed by atoms with Gasteiger partial charge in [-0.2, -0.15) is 0 Å². The molecule has 9 atom stereocenters. The fourth-order valence-electron chi connectivity index (χ4n) is 9.07. The molecule has 0 amide bonds. The van der Waals surface area contributed by atoms with Crippen molar-refractivity contribution in [1.82, 2.24) is 0 Å². The van der Waals surface area contributed by atoms with Gasteiger partial charge in [0.25, 0.3) is 0 Å². The van der Waals surface area contributed by atoms with Crippen LogP contribution >= 0.6 is 0 Å². The van der Waals surface area contributed by atoms with E-state index in [4.69, 9.17) is 0 Å². The molecule has 0 aromatic rings. The predicted molar refractivity (Wildman–Crippen MR) is 119 cm³/mol. The molecular formula is C27H48O. The lowest BCUT2D eigenvalue weighted by atomic mass is 9.44. The Labute approximate surface area is 175 Å². The van der Waals surface area contributed by atoms with Crippen LogP contribution in [0.15, 0.2) is 0 Å². The first-order valence-electron chi connectivity index (χ1n) is 12.7. The second-order valence-corrected chi connectivity index (χ2v) is 13.4. The summed E-state index contributed by atoms with van der Waals surface area (Å²) >= 11 is 0. The third kappa shape index (κ3) is 3.50. The summed E-state index contributed by atoms with van der Waals surface area (Å²) in [5, 5.41) is 10.3. The molecule has 4 aliphatic rings. The van der Waals surface area contributed by atoms with Crippen LogP contribution in [0.25, 0.3) is 0 Å². The molecule has 0 spiro atoms. The molecule has 0 aromatic carbocycles. The second-order valence-electron chi connectivity index (χ2n) is 13.4. The first-order valence-corrected chi connectivity index (χ1v) is 12.7. The molecule has 0 radical (unpaired) electrons. The monoisotopic (exact) mass is 388 g/mol. The van der Waals surface area contributed by atoms with Crippen LogP contribution in [-0.4, -0.2) is 11.2 Å². The van der Waals surface area contributed by atoms with Crippen LogP contribution in [0.5, 0.6) is 0 Å². The standard InChI is InChI=1S/C27H48O/c1-18(11-14-25(2,3)4)22-9-10-23-21-8-7-19-17-20(28)12-15-26(19,5)24(21)13-16-27(22,23)6/h18-24,28H,7-17H2,1-6H3/t18-,19?,20-,21?,22?,23?,24?,26?,27?/m1/s1. The highest BCUT2D eigenvalue weighted by atomic mass is 16.3. The summed E-state index contributed by atoms with van der Waals surface area (Å²) in [4.78, 5) is 0. The fourth-order valence-corrected chi connectivity index (χ4v) is 9.07. The first-order chi connectivity index (χ1) is 13.0. The van der Waals surface area contributed by atoms with Gasteiger partial charge in [0.1, 0.15) is 0 Å². The van der Waals surface area contributed by atoms with Crippen LogP contribution in [0.2, 0.25) is 0 Å². The summed E-state index contributed by atoms with van der Waals surface area (Å²) in [5.41, 5.74) is 1.61. The van der Waals surface area contributed by atoms with Gasteiger partial charge in [-0.1, -0.05) is 41.5 Å². The van der Waals surface area contributed by atoms with E-state index in [1.807, 2.05) is 0 Å². The number of fused-ring (bicyclic) bond motifs is 5. The Balaban J connectivity index is 1.49. The summed E-state index contributed by atoms with van der Waals surface area (Å²) in [5.74, 6) is 5.56. The Bertz CT molecular complexity index is 561. The predicted octanol–water partition coefficient (Wildman–Crippen LogP) is 7.47. The van der Waals surface area contributed by atoms with E-state index in [0.29, 0.717) is 16.2 Å². The summed E-state index contributed by atoms with van der Waals surface area (Å²) in [7, 11) is 0. The number of hydrogen-bond donors (Lipinski definition) is 1. The summed E-state index contributed by atoms with van der Waals surface area (Å²) in [6.45, 7) is 15.1. The van der Waals surface area contributed by atoms with E-state index in [-0.39, 0.29) is 6.10 Å². The smallest absolute Gasteiger partial charge is 0.0543 e. The van der Waals surface area contributed by atoms with E-state index >= 15 is 0 Å². The number of aliphatic hydroxyl groups excluding tert-OH is 1. The molecule has 0 saturated heterocycles. The first kappa shape index (κ1) is 21.2. The maximum Gasteiger partial charge on any atom is 0.0543 e. The highest BCUT2D eigenvalue weighted by Crippen LogP contribution is 2.68. The average molecular weight is 389 g/mol. The zero-order chi connectivity index (χ0) is 20.3. The minimum absolute atomic E-state index is 0.0111. The van der Waals surface area contributed by atoms with Crippen LogP contribution in [-0.2, 0) is 0 Å². The van der Waals surface area contributed by atoms with Crippen LogP contribution in [0.3, 0.4) is 0 Å². The maximum atomic E-state index is 10.3. The van der Waals surface area contributed by atoms with Crippen LogP contribution < -0.4 is 0 Å². The van der Waals surface area contributed by atoms with E-state index < -0.39 is 0 Å². The van der Waals surface area contributed by atoms with Gasteiger partial charge in [-0.05, 0) is 122 Å². The summed E-state index contributed by atoms with van der Waals surface area (Å²) < 4.78 is 0. The van der Waals surface area contributed by atoms with E-state index in [1.54, 1.807) is 0 Å². The molecule has 0 aliphatic heterocycles. The van der Waals surface area contributed by atoms with Gasteiger partial charge < -0.3 is 5.11 Å². The van der Waals surface area contributed by atoms with Gasteiger partial charge in [0, 0.05) is 0 Å². The number of rotatable bonds is 3. The van der Waals surface area contributed by atoms with Crippen molar-refractivity contribution in [2.45, 2.75) is 118 Å². The van der Waals surface area contributed by atoms with Crippen molar-refractivity contribution in [1.29, 1.82) is 0 Å². The molecular weight excluding hydrogens is 340 g/mol. The average Bonchev–Trinajstić information content (AvgIpc) is 2.97. The molecule has 0 heterocycles. The highest BCUT2D eigenvalue weighted by Gasteiger charge is 2.60. The van der Waals surface area contributed by atoms with E-state index in [0.717, 1.165) is 48.3 Å². The Morgan fingerprint density at radius 3 is 2.29 bits per heavy atom. The quantitative estimate of drug-likeness (QED) is 0.531. The maximum absolute atomic E-state index is 10.3. The molecule has 4 rings (SSSR count). The van der Waals surface area contributed by atoms with Gasteiger partial charge in [0.15, 0.2) is 0 Å². The third-order valence-corrected chi connectivity index (χ3v) is 10.7. The molecule has 1 heteroatoms. The minimum atomic E-state index is -0.0111. The Morgan fingerprint density at radius 2 is 1.57 bits per heavy atom. The molecule has 4 fully saturated rings. The molecule has 1 nitrogen and oxygen atoms in total. The van der Waals surface area contributed by atoms with Crippen LogP contribution in [0.1, 0.15) is 112 Å². The summed E-state index contributed by atoms with van der Waals surface area (Å²) in [6.07, 6.45) is 15.0. The van der Waals surface area contributed by atoms with Crippen molar-refractivity contribution in [2.75, 3.05) is 0 Å². The normalized spacial score (nSPS) is 49.8. The van der Waals surface area contributed by atoms with Gasteiger partial charge in [0.2, 0.25) is 0 Å². The molecule has 28 heavy (non-hydrogen) atoms. The lowest BCUT2D eigenvalue weighted by Crippen LogP contribution is -2.54. The zero-order valence-corrected chi connectivity index (χ0v) is 19.8. The second kappa shape index (κ2) is 7.28. The van der Waals surface area contributed by atoms with E-state index in [1.165, 1.54) is 57.8 Å². The van der Waals surface area contributed by atoms with Crippen molar-refractivity contribution in [2.24, 2.45) is 51.8 Å². The lowest BCUT2D eigenvalue weighted by Gasteiger charge is -2.61. The van der Waals surface area contributed by atoms with Gasteiger partial charge in [-0.15, -0.1) is 0 Å². The largest absolute Gasteiger partial charge is 0.393 e. The molecule has 0 bridgehead atoms. The third-order valence-electron chi connectivity index (χ3n) is 10.7. The number of aliphatic hydroxyl groups is 1. The van der Waals surface area contributed by atoms with Gasteiger partial charge >= 0.3 is 0 Å². The molecule has 7 unspecified atom stereocenters. The minimum Gasteiger partial charge on any atom is -0.393 e. The molecule has 4 saturated carbocycles. The van der Waals surface area contributed by atoms with Crippen molar-refractivity contribution < 1.29 is 5.11 Å². The van der Waals surface area contributed by atoms with E-state index in [2.05, 4.69) is 41.5 Å². The Morgan fingerprint density at radius 1 is 0.893 bits per heavy atom. The Kier molecular flexibility index (Phi) is 5.51. The van der Waals surface area contributed by atoms with Crippen molar-refractivity contribution in [3.05, 3.63) is 0 Å². The van der Waals surface area contributed by atoms with E-state index in [9.17, 15) is 5.11 Å². The van der Waals surface area contributed by atoms with Crippen LogP contribution in [0, 0.1) is 51.8 Å². The number of hydrogen-bond acceptors (Lipinski definition) is 1. The van der Waals surface area contributed by atoms with Gasteiger partial charge in [0.05, 0.1) is 6.10 Å². The topological polar surface area (TPSA) is 20.2 Å². The van der Waals surface area contributed by atoms with Crippen LogP contribution in [0.4, 0.5) is 0 Å². The highest BCUT2D eigenvalue weighted by molar-refractivity contribution is 5.09.